The molecule has 0 spiro atoms. The average Bonchev–Trinajstić information content (AvgIpc) is 2.95. The fourth-order valence-corrected chi connectivity index (χ4v) is 5.24. The van der Waals surface area contributed by atoms with Crippen molar-refractivity contribution in [2.75, 3.05) is 19.8 Å². The molecule has 0 aromatic heterocycles. The summed E-state index contributed by atoms with van der Waals surface area (Å²) in [4.78, 5) is 0. The first-order valence-electron chi connectivity index (χ1n) is 17.8. The van der Waals surface area contributed by atoms with Gasteiger partial charge in [0, 0.05) is 19.8 Å². The fourth-order valence-electron chi connectivity index (χ4n) is 5.24. The van der Waals surface area contributed by atoms with Crippen LogP contribution >= 0.6 is 0 Å². The van der Waals surface area contributed by atoms with Crippen LogP contribution < -0.4 is 0 Å². The van der Waals surface area contributed by atoms with Gasteiger partial charge in [-0.05, 0) is 44.9 Å². The molecule has 0 atom stereocenters. The van der Waals surface area contributed by atoms with Crippen molar-refractivity contribution in [2.24, 2.45) is 0 Å². The molecule has 3 nitrogen and oxygen atoms in total. The number of aliphatic hydroxyl groups is 1. The first-order chi connectivity index (χ1) is 19.3. The molecular weight excluding hydrogens is 480 g/mol. The van der Waals surface area contributed by atoms with Crippen molar-refractivity contribution in [3.8, 4) is 0 Å². The summed E-state index contributed by atoms with van der Waals surface area (Å²) < 4.78 is 12.4. The lowest BCUT2D eigenvalue weighted by atomic mass is 10.0. The number of rotatable bonds is 34. The van der Waals surface area contributed by atoms with E-state index in [9.17, 15) is 0 Å². The number of hydrogen-bond acceptors (Lipinski definition) is 3. The van der Waals surface area contributed by atoms with Gasteiger partial charge in [-0.2, -0.15) is 0 Å². The Kier molecular flexibility index (Phi) is 35.3. The Balaban J connectivity index is 3.77. The number of ether oxygens (including phenoxy) is 2. The van der Waals surface area contributed by atoms with Gasteiger partial charge < -0.3 is 14.6 Å². The quantitative estimate of drug-likeness (QED) is 0.0490. The minimum atomic E-state index is 0.0235. The summed E-state index contributed by atoms with van der Waals surface area (Å²) in [6.45, 7) is 6.59. The van der Waals surface area contributed by atoms with E-state index in [1.165, 1.54) is 167 Å². The van der Waals surface area contributed by atoms with Crippen molar-refractivity contribution in [1.82, 2.24) is 0 Å². The molecule has 3 heteroatoms. The smallest absolute Gasteiger partial charge is 0.157 e. The molecule has 0 rings (SSSR count). The Hall–Kier alpha value is -0.380. The second-order valence-electron chi connectivity index (χ2n) is 11.9. The van der Waals surface area contributed by atoms with E-state index < -0.39 is 0 Å². The van der Waals surface area contributed by atoms with Crippen LogP contribution in [0.3, 0.4) is 0 Å². The van der Waals surface area contributed by atoms with Gasteiger partial charge in [0.1, 0.15) is 0 Å². The number of aliphatic hydroxyl groups excluding tert-OH is 1. The minimum Gasteiger partial charge on any atom is -0.396 e. The molecule has 1 N–H and O–H groups in total. The molecule has 0 aliphatic rings. The van der Waals surface area contributed by atoms with Crippen LogP contribution in [0.1, 0.15) is 194 Å². The summed E-state index contributed by atoms with van der Waals surface area (Å²) in [7, 11) is 0. The molecule has 39 heavy (non-hydrogen) atoms. The number of hydrogen-bond donors (Lipinski definition) is 1. The summed E-state index contributed by atoms with van der Waals surface area (Å²) in [5, 5.41) is 8.77. The summed E-state index contributed by atoms with van der Waals surface area (Å²) in [5.74, 6) is 0. The molecule has 0 amide bonds. The van der Waals surface area contributed by atoms with Crippen LogP contribution in [0.2, 0.25) is 0 Å². The predicted octanol–water partition coefficient (Wildman–Crippen LogP) is 11.9. The zero-order valence-corrected chi connectivity index (χ0v) is 26.9. The Morgan fingerprint density at radius 1 is 0.436 bits per heavy atom. The number of unbranched alkanes of at least 4 members (excludes halogenated alkanes) is 23. The third-order valence-corrected chi connectivity index (χ3v) is 7.88. The standard InChI is InChI=1S/C36H72O3/c1-3-5-7-9-22-26-30-34-38-36(39-35-31-27-23-10-8-6-4-2)32-28-24-20-18-16-14-12-11-13-15-17-19-21-25-29-33-37/h21,25,36-37H,3-20,22-24,26-35H2,1-2H3/b25-21+. The molecule has 0 heterocycles. The van der Waals surface area contributed by atoms with Crippen LogP contribution in [0.25, 0.3) is 0 Å². The monoisotopic (exact) mass is 553 g/mol. The van der Waals surface area contributed by atoms with Crippen LogP contribution in [0.5, 0.6) is 0 Å². The van der Waals surface area contributed by atoms with E-state index in [1.807, 2.05) is 0 Å². The maximum Gasteiger partial charge on any atom is 0.157 e. The second-order valence-corrected chi connectivity index (χ2v) is 11.9. The highest BCUT2D eigenvalue weighted by Gasteiger charge is 2.09. The van der Waals surface area contributed by atoms with Gasteiger partial charge in [0.05, 0.1) is 0 Å². The van der Waals surface area contributed by atoms with E-state index in [-0.39, 0.29) is 12.9 Å². The van der Waals surface area contributed by atoms with Crippen molar-refractivity contribution in [2.45, 2.75) is 200 Å². The molecule has 0 bridgehead atoms. The third-order valence-electron chi connectivity index (χ3n) is 7.88. The lowest BCUT2D eigenvalue weighted by Crippen LogP contribution is -2.19. The Morgan fingerprint density at radius 3 is 1.23 bits per heavy atom. The first kappa shape index (κ1) is 38.6. The van der Waals surface area contributed by atoms with Crippen molar-refractivity contribution in [3.63, 3.8) is 0 Å². The van der Waals surface area contributed by atoms with Crippen LogP contribution in [-0.2, 0) is 9.47 Å². The normalized spacial score (nSPS) is 11.9. The largest absolute Gasteiger partial charge is 0.396 e. The van der Waals surface area contributed by atoms with Gasteiger partial charge in [0.2, 0.25) is 0 Å². The predicted molar refractivity (Wildman–Crippen MR) is 173 cm³/mol. The van der Waals surface area contributed by atoms with Crippen LogP contribution in [0, 0.1) is 0 Å². The van der Waals surface area contributed by atoms with Crippen molar-refractivity contribution in [3.05, 3.63) is 12.2 Å². The molecule has 0 aliphatic carbocycles. The van der Waals surface area contributed by atoms with Gasteiger partial charge in [-0.25, -0.2) is 0 Å². The molecule has 0 aromatic carbocycles. The lowest BCUT2D eigenvalue weighted by molar-refractivity contribution is -0.148. The van der Waals surface area contributed by atoms with Crippen molar-refractivity contribution >= 4 is 0 Å². The maximum atomic E-state index is 8.77. The summed E-state index contributed by atoms with van der Waals surface area (Å²) >= 11 is 0. The van der Waals surface area contributed by atoms with Crippen molar-refractivity contribution < 1.29 is 14.6 Å². The van der Waals surface area contributed by atoms with Gasteiger partial charge in [0.15, 0.2) is 6.29 Å². The van der Waals surface area contributed by atoms with E-state index in [4.69, 9.17) is 14.6 Å². The summed E-state index contributed by atoms with van der Waals surface area (Å²) in [6, 6.07) is 0. The highest BCUT2D eigenvalue weighted by atomic mass is 16.7. The Bertz CT molecular complexity index is 431. The molecular formula is C36H72O3. The maximum absolute atomic E-state index is 8.77. The third kappa shape index (κ3) is 33.7. The van der Waals surface area contributed by atoms with Gasteiger partial charge >= 0.3 is 0 Å². The zero-order valence-electron chi connectivity index (χ0n) is 26.9. The fraction of sp³-hybridized carbons (Fsp3) is 0.944. The minimum absolute atomic E-state index is 0.0235. The van der Waals surface area contributed by atoms with E-state index in [0.717, 1.165) is 26.1 Å². The van der Waals surface area contributed by atoms with Crippen molar-refractivity contribution in [1.29, 1.82) is 0 Å². The SMILES string of the molecule is CCCCCCCCCOC(CCCCCCCCCCCCC/C=C/CCO)OCCCCCCCCC. The van der Waals surface area contributed by atoms with E-state index in [1.54, 1.807) is 0 Å². The van der Waals surface area contributed by atoms with Crippen LogP contribution in [0.15, 0.2) is 12.2 Å². The molecule has 0 saturated carbocycles. The summed E-state index contributed by atoms with van der Waals surface area (Å²) in [5.41, 5.74) is 0. The molecule has 0 unspecified atom stereocenters. The molecule has 0 aliphatic heterocycles. The molecule has 0 radical (unpaired) electrons. The average molecular weight is 553 g/mol. The Labute approximate surface area is 246 Å². The van der Waals surface area contributed by atoms with E-state index in [2.05, 4.69) is 26.0 Å². The van der Waals surface area contributed by atoms with Crippen LogP contribution in [-0.4, -0.2) is 31.2 Å². The van der Waals surface area contributed by atoms with Crippen LogP contribution in [0.4, 0.5) is 0 Å². The zero-order chi connectivity index (χ0) is 28.3. The van der Waals surface area contributed by atoms with Gasteiger partial charge in [-0.1, -0.05) is 161 Å². The molecule has 234 valence electrons. The lowest BCUT2D eigenvalue weighted by Gasteiger charge is -2.19. The number of allylic oxidation sites excluding steroid dienone is 1. The topological polar surface area (TPSA) is 38.7 Å². The van der Waals surface area contributed by atoms with E-state index >= 15 is 0 Å². The van der Waals surface area contributed by atoms with Gasteiger partial charge in [-0.3, -0.25) is 0 Å². The van der Waals surface area contributed by atoms with Gasteiger partial charge in [-0.15, -0.1) is 0 Å². The van der Waals surface area contributed by atoms with Gasteiger partial charge in [0.25, 0.3) is 0 Å². The second kappa shape index (κ2) is 35.6. The Morgan fingerprint density at radius 2 is 0.795 bits per heavy atom. The van der Waals surface area contributed by atoms with E-state index in [0.29, 0.717) is 0 Å². The molecule has 0 fully saturated rings. The summed E-state index contributed by atoms with van der Waals surface area (Å²) in [6.07, 6.45) is 41.0. The molecule has 0 aromatic rings. The highest BCUT2D eigenvalue weighted by molar-refractivity contribution is 4.80. The molecule has 0 saturated heterocycles. The highest BCUT2D eigenvalue weighted by Crippen LogP contribution is 2.16. The first-order valence-corrected chi connectivity index (χ1v) is 17.8.